The molecule has 0 radical (unpaired) electrons. The van der Waals surface area contributed by atoms with Gasteiger partial charge in [-0.25, -0.2) is 4.57 Å². The van der Waals surface area contributed by atoms with Crippen LogP contribution in [0.3, 0.4) is 0 Å². The Kier molecular flexibility index (Phi) is 26.3. The number of rotatable bonds is 30. The van der Waals surface area contributed by atoms with Crippen molar-refractivity contribution in [1.29, 1.82) is 0 Å². The van der Waals surface area contributed by atoms with E-state index in [1.165, 1.54) is 103 Å². The number of carbonyl (C=O) groups is 3. The van der Waals surface area contributed by atoms with Crippen molar-refractivity contribution in [2.45, 2.75) is 174 Å². The molecule has 0 unspecified atom stereocenters. The van der Waals surface area contributed by atoms with Crippen LogP contribution in [0.4, 0.5) is 0 Å². The molecule has 0 aliphatic carbocycles. The molecule has 0 bridgehead atoms. The van der Waals surface area contributed by atoms with Crippen molar-refractivity contribution >= 4 is 17.7 Å². The molecule has 0 saturated heterocycles. The third-order valence-electron chi connectivity index (χ3n) is 8.37. The van der Waals surface area contributed by atoms with E-state index in [9.17, 15) is 14.4 Å². The Labute approximate surface area is 270 Å². The Hall–Kier alpha value is -2.44. The van der Waals surface area contributed by atoms with Crippen molar-refractivity contribution in [3.05, 3.63) is 30.6 Å². The molecule has 1 rings (SSSR count). The van der Waals surface area contributed by atoms with E-state index < -0.39 is 6.04 Å². The lowest BCUT2D eigenvalue weighted by molar-refractivity contribution is -0.695. The van der Waals surface area contributed by atoms with Gasteiger partial charge in [0.15, 0.2) is 18.9 Å². The van der Waals surface area contributed by atoms with Gasteiger partial charge < -0.3 is 16.0 Å². The molecule has 1 heterocycles. The molecule has 3 amide bonds. The first-order valence-electron chi connectivity index (χ1n) is 18.3. The monoisotopic (exact) mass is 616 g/mol. The van der Waals surface area contributed by atoms with Gasteiger partial charge in [0.05, 0.1) is 6.42 Å². The van der Waals surface area contributed by atoms with Crippen LogP contribution in [0.25, 0.3) is 0 Å². The molecule has 0 aliphatic heterocycles. The summed E-state index contributed by atoms with van der Waals surface area (Å²) in [4.78, 5) is 38.3. The zero-order valence-corrected chi connectivity index (χ0v) is 28.5. The van der Waals surface area contributed by atoms with E-state index in [1.54, 1.807) is 0 Å². The minimum atomic E-state index is -0.700. The molecule has 3 N–H and O–H groups in total. The number of aryl methyl sites for hydroxylation is 1. The highest BCUT2D eigenvalue weighted by Crippen LogP contribution is 2.11. The summed E-state index contributed by atoms with van der Waals surface area (Å²) in [6, 6.07) is 5.09. The molecule has 1 aromatic heterocycles. The zero-order chi connectivity index (χ0) is 31.9. The van der Waals surface area contributed by atoms with Crippen LogP contribution in [0.2, 0.25) is 0 Å². The molecule has 7 nitrogen and oxygen atoms in total. The molecule has 0 aromatic carbocycles. The first-order valence-corrected chi connectivity index (χ1v) is 18.3. The number of amides is 3. The summed E-state index contributed by atoms with van der Waals surface area (Å²) in [5.74, 6) is -0.419. The van der Waals surface area contributed by atoms with Crippen molar-refractivity contribution in [2.24, 2.45) is 0 Å². The van der Waals surface area contributed by atoms with Crippen LogP contribution in [0.5, 0.6) is 0 Å². The Bertz CT molecular complexity index is 833. The predicted molar refractivity (Wildman–Crippen MR) is 182 cm³/mol. The lowest BCUT2D eigenvalue weighted by Crippen LogP contribution is -2.48. The van der Waals surface area contributed by atoms with Gasteiger partial charge in [-0.2, -0.15) is 0 Å². The highest BCUT2D eigenvalue weighted by Gasteiger charge is 2.22. The lowest BCUT2D eigenvalue weighted by atomic mass is 10.1. The van der Waals surface area contributed by atoms with Gasteiger partial charge in [0.1, 0.15) is 6.04 Å². The Morgan fingerprint density at radius 1 is 0.545 bits per heavy atom. The van der Waals surface area contributed by atoms with Gasteiger partial charge in [0, 0.05) is 31.6 Å². The van der Waals surface area contributed by atoms with Crippen LogP contribution in [-0.4, -0.2) is 36.9 Å². The molecule has 1 aromatic rings. The topological polar surface area (TPSA) is 91.2 Å². The van der Waals surface area contributed by atoms with Crippen molar-refractivity contribution < 1.29 is 19.0 Å². The predicted octanol–water partition coefficient (Wildman–Crippen LogP) is 7.70. The third-order valence-corrected chi connectivity index (χ3v) is 8.37. The summed E-state index contributed by atoms with van der Waals surface area (Å²) < 4.78 is 1.95. The summed E-state index contributed by atoms with van der Waals surface area (Å²) in [7, 11) is 0. The zero-order valence-electron chi connectivity index (χ0n) is 28.5. The summed E-state index contributed by atoms with van der Waals surface area (Å²) in [6.07, 6.45) is 29.7. The summed E-state index contributed by atoms with van der Waals surface area (Å²) in [6.45, 7) is 6.31. The van der Waals surface area contributed by atoms with E-state index in [0.29, 0.717) is 26.1 Å². The molecule has 252 valence electrons. The fraction of sp³-hybridized carbons (Fsp3) is 0.784. The van der Waals surface area contributed by atoms with E-state index in [4.69, 9.17) is 0 Å². The van der Waals surface area contributed by atoms with E-state index >= 15 is 0 Å². The maximum Gasteiger partial charge on any atom is 0.242 e. The number of nitrogens with one attached hydrogen (secondary N) is 3. The first-order chi connectivity index (χ1) is 21.6. The summed E-state index contributed by atoms with van der Waals surface area (Å²) >= 11 is 0. The van der Waals surface area contributed by atoms with Crippen LogP contribution in [-0.2, 0) is 20.9 Å². The maximum atomic E-state index is 13.0. The maximum absolute atomic E-state index is 13.0. The van der Waals surface area contributed by atoms with Gasteiger partial charge in [0.25, 0.3) is 0 Å². The van der Waals surface area contributed by atoms with Crippen LogP contribution < -0.4 is 20.5 Å². The molecule has 0 saturated carbocycles. The van der Waals surface area contributed by atoms with Gasteiger partial charge in [-0.3, -0.25) is 14.4 Å². The molecular formula is C37H67N4O3+. The van der Waals surface area contributed by atoms with Gasteiger partial charge in [-0.05, 0) is 19.3 Å². The smallest absolute Gasteiger partial charge is 0.242 e. The molecule has 44 heavy (non-hydrogen) atoms. The fourth-order valence-electron chi connectivity index (χ4n) is 5.50. The Morgan fingerprint density at radius 3 is 1.50 bits per heavy atom. The largest absolute Gasteiger partial charge is 0.356 e. The number of hydrogen-bond donors (Lipinski definition) is 3. The molecule has 0 spiro atoms. The summed E-state index contributed by atoms with van der Waals surface area (Å²) in [5.41, 5.74) is 0. The average molecular weight is 616 g/mol. The van der Waals surface area contributed by atoms with E-state index in [-0.39, 0.29) is 30.6 Å². The average Bonchev–Trinajstić information content (AvgIpc) is 3.03. The second-order valence-electron chi connectivity index (χ2n) is 12.5. The quantitative estimate of drug-likeness (QED) is 0.0612. The molecule has 0 fully saturated rings. The highest BCUT2D eigenvalue weighted by molar-refractivity contribution is 5.88. The van der Waals surface area contributed by atoms with Crippen molar-refractivity contribution in [3.63, 3.8) is 0 Å². The lowest BCUT2D eigenvalue weighted by Gasteiger charge is -2.18. The van der Waals surface area contributed by atoms with E-state index in [1.807, 2.05) is 35.2 Å². The van der Waals surface area contributed by atoms with Crippen molar-refractivity contribution in [3.8, 4) is 0 Å². The number of pyridine rings is 1. The van der Waals surface area contributed by atoms with Crippen molar-refractivity contribution in [1.82, 2.24) is 16.0 Å². The first kappa shape index (κ1) is 39.6. The van der Waals surface area contributed by atoms with Crippen LogP contribution in [0.15, 0.2) is 30.6 Å². The minimum absolute atomic E-state index is 0.0532. The van der Waals surface area contributed by atoms with Gasteiger partial charge >= 0.3 is 0 Å². The van der Waals surface area contributed by atoms with Gasteiger partial charge in [-0.15, -0.1) is 0 Å². The molecule has 0 aliphatic rings. The number of unbranched alkanes of at least 4 members (excludes halogenated alkanes) is 18. The van der Waals surface area contributed by atoms with Gasteiger partial charge in [-0.1, -0.05) is 135 Å². The molecule has 1 atom stereocenters. The molecule has 7 heteroatoms. The Morgan fingerprint density at radius 2 is 1.00 bits per heavy atom. The minimum Gasteiger partial charge on any atom is -0.356 e. The van der Waals surface area contributed by atoms with Crippen LogP contribution in [0.1, 0.15) is 162 Å². The second kappa shape index (κ2) is 29.3. The number of aromatic nitrogens is 1. The van der Waals surface area contributed by atoms with Crippen LogP contribution >= 0.6 is 0 Å². The standard InChI is InChI=1S/C37H66N4O3/c1-3-5-7-9-11-13-15-17-19-22-29-38-35(42)27-26-34(40-36(43)28-33-41-31-24-21-25-32-41)37(44)39-30-23-20-18-16-14-12-10-8-6-4-2/h21,24-25,31-32,34H,3-20,22-23,26-30,33H2,1-2H3,(H2-,38,39,40,42,43,44)/p+1/t34-/m0/s1. The van der Waals surface area contributed by atoms with Gasteiger partial charge in [0.2, 0.25) is 17.7 Å². The number of carbonyl (C=O) groups excluding carboxylic acids is 3. The Balaban J connectivity index is 2.32. The second-order valence-corrected chi connectivity index (χ2v) is 12.5. The van der Waals surface area contributed by atoms with E-state index in [0.717, 1.165) is 25.7 Å². The third kappa shape index (κ3) is 23.9. The summed E-state index contributed by atoms with van der Waals surface area (Å²) in [5, 5.41) is 8.92. The molecular weight excluding hydrogens is 548 g/mol. The highest BCUT2D eigenvalue weighted by atomic mass is 16.2. The normalized spacial score (nSPS) is 11.7. The SMILES string of the molecule is CCCCCCCCCCCCNC(=O)CC[C@H](NC(=O)CC[n+]1ccccc1)C(=O)NCCCCCCCCCCCC. The number of nitrogens with zero attached hydrogens (tertiary/aromatic N) is 1. The fourth-order valence-corrected chi connectivity index (χ4v) is 5.50. The van der Waals surface area contributed by atoms with Crippen molar-refractivity contribution in [2.75, 3.05) is 13.1 Å². The van der Waals surface area contributed by atoms with Crippen LogP contribution in [0, 0.1) is 0 Å². The number of hydrogen-bond acceptors (Lipinski definition) is 3. The van der Waals surface area contributed by atoms with E-state index in [2.05, 4.69) is 29.8 Å².